The molecule has 4 rings (SSSR count). The van der Waals surface area contributed by atoms with E-state index in [1.807, 2.05) is 20.8 Å². The molecule has 0 atom stereocenters. The SMILES string of the molecule is Cc1cccc(N2CCN(CCCNc3nc4c(cnn4C(C)(C)C)c(=O)[nH]3)CC2)c1. The van der Waals surface area contributed by atoms with Crippen LogP contribution in [0, 0.1) is 6.92 Å². The summed E-state index contributed by atoms with van der Waals surface area (Å²) in [6.45, 7) is 14.3. The van der Waals surface area contributed by atoms with Gasteiger partial charge in [0.1, 0.15) is 5.39 Å². The van der Waals surface area contributed by atoms with E-state index in [1.165, 1.54) is 11.3 Å². The Morgan fingerprint density at radius 1 is 1.16 bits per heavy atom. The summed E-state index contributed by atoms with van der Waals surface area (Å²) in [5.74, 6) is 0.507. The summed E-state index contributed by atoms with van der Waals surface area (Å²) in [5, 5.41) is 8.16. The van der Waals surface area contributed by atoms with E-state index in [0.717, 1.165) is 45.7 Å². The van der Waals surface area contributed by atoms with Gasteiger partial charge >= 0.3 is 0 Å². The second-order valence-corrected chi connectivity index (χ2v) is 9.33. The molecule has 1 fully saturated rings. The molecule has 8 nitrogen and oxygen atoms in total. The van der Waals surface area contributed by atoms with Crippen LogP contribution in [-0.4, -0.2) is 63.9 Å². The Hall–Kier alpha value is -2.87. The average Bonchev–Trinajstić information content (AvgIpc) is 3.17. The van der Waals surface area contributed by atoms with Crippen LogP contribution in [-0.2, 0) is 5.54 Å². The third-order valence-corrected chi connectivity index (χ3v) is 5.76. The van der Waals surface area contributed by atoms with Crippen molar-refractivity contribution in [2.24, 2.45) is 0 Å². The van der Waals surface area contributed by atoms with Crippen LogP contribution in [0.25, 0.3) is 11.0 Å². The molecule has 1 aliphatic rings. The molecule has 0 amide bonds. The summed E-state index contributed by atoms with van der Waals surface area (Å²) in [6.07, 6.45) is 2.58. The minimum atomic E-state index is -0.236. The summed E-state index contributed by atoms with van der Waals surface area (Å²) in [5.41, 5.74) is 2.85. The van der Waals surface area contributed by atoms with Crippen LogP contribution in [0.4, 0.5) is 11.6 Å². The number of aromatic amines is 1. The zero-order valence-corrected chi connectivity index (χ0v) is 19.0. The van der Waals surface area contributed by atoms with Gasteiger partial charge in [-0.3, -0.25) is 14.7 Å². The first-order valence-corrected chi connectivity index (χ1v) is 11.1. The second kappa shape index (κ2) is 8.70. The maximum Gasteiger partial charge on any atom is 0.263 e. The van der Waals surface area contributed by atoms with Gasteiger partial charge in [-0.2, -0.15) is 10.1 Å². The molecule has 2 N–H and O–H groups in total. The number of nitrogens with zero attached hydrogens (tertiary/aromatic N) is 5. The first-order chi connectivity index (χ1) is 14.8. The molecule has 166 valence electrons. The lowest BCUT2D eigenvalue weighted by atomic mass is 10.1. The van der Waals surface area contributed by atoms with Crippen molar-refractivity contribution in [2.75, 3.05) is 49.5 Å². The van der Waals surface area contributed by atoms with E-state index in [4.69, 9.17) is 0 Å². The number of benzene rings is 1. The minimum Gasteiger partial charge on any atom is -0.369 e. The van der Waals surface area contributed by atoms with Crippen molar-refractivity contribution >= 4 is 22.7 Å². The maximum atomic E-state index is 12.4. The highest BCUT2D eigenvalue weighted by Crippen LogP contribution is 2.19. The third kappa shape index (κ3) is 4.90. The Bertz CT molecular complexity index is 1090. The lowest BCUT2D eigenvalue weighted by Gasteiger charge is -2.36. The molecule has 8 heteroatoms. The Morgan fingerprint density at radius 2 is 1.94 bits per heavy atom. The molecule has 1 saturated heterocycles. The first kappa shape index (κ1) is 21.4. The van der Waals surface area contributed by atoms with Gasteiger partial charge < -0.3 is 10.2 Å². The quantitative estimate of drug-likeness (QED) is 0.594. The summed E-state index contributed by atoms with van der Waals surface area (Å²) >= 11 is 0. The van der Waals surface area contributed by atoms with Gasteiger partial charge in [0.15, 0.2) is 5.65 Å². The number of rotatable bonds is 6. The smallest absolute Gasteiger partial charge is 0.263 e. The van der Waals surface area contributed by atoms with E-state index in [0.29, 0.717) is 17.0 Å². The Labute approximate surface area is 183 Å². The van der Waals surface area contributed by atoms with Crippen LogP contribution < -0.4 is 15.8 Å². The fourth-order valence-corrected chi connectivity index (χ4v) is 4.06. The minimum absolute atomic E-state index is 0.157. The van der Waals surface area contributed by atoms with Gasteiger partial charge in [-0.15, -0.1) is 0 Å². The van der Waals surface area contributed by atoms with Crippen LogP contribution in [0.5, 0.6) is 0 Å². The number of hydrogen-bond donors (Lipinski definition) is 2. The Balaban J connectivity index is 1.28. The van der Waals surface area contributed by atoms with E-state index in [2.05, 4.69) is 61.4 Å². The number of piperazine rings is 1. The van der Waals surface area contributed by atoms with Crippen molar-refractivity contribution in [3.05, 3.63) is 46.4 Å². The highest BCUT2D eigenvalue weighted by Gasteiger charge is 2.20. The highest BCUT2D eigenvalue weighted by atomic mass is 16.1. The van der Waals surface area contributed by atoms with Crippen LogP contribution >= 0.6 is 0 Å². The molecule has 0 unspecified atom stereocenters. The molecule has 0 aliphatic carbocycles. The Kier molecular flexibility index (Phi) is 6.00. The molecule has 0 saturated carbocycles. The van der Waals surface area contributed by atoms with Gasteiger partial charge in [0.2, 0.25) is 5.95 Å². The zero-order valence-electron chi connectivity index (χ0n) is 19.0. The highest BCUT2D eigenvalue weighted by molar-refractivity contribution is 5.74. The number of aryl methyl sites for hydroxylation is 1. The number of fused-ring (bicyclic) bond motifs is 1. The van der Waals surface area contributed by atoms with Crippen LogP contribution in [0.1, 0.15) is 32.8 Å². The monoisotopic (exact) mass is 423 g/mol. The molecule has 1 aromatic carbocycles. The van der Waals surface area contributed by atoms with Crippen molar-refractivity contribution in [3.8, 4) is 0 Å². The van der Waals surface area contributed by atoms with Gasteiger partial charge in [0.25, 0.3) is 5.56 Å². The van der Waals surface area contributed by atoms with Gasteiger partial charge in [-0.05, 0) is 58.4 Å². The van der Waals surface area contributed by atoms with Crippen LogP contribution in [0.3, 0.4) is 0 Å². The van der Waals surface area contributed by atoms with Crippen LogP contribution in [0.15, 0.2) is 35.3 Å². The number of nitrogens with one attached hydrogen (secondary N) is 2. The van der Waals surface area contributed by atoms with Crippen molar-refractivity contribution in [1.29, 1.82) is 0 Å². The second-order valence-electron chi connectivity index (χ2n) is 9.33. The first-order valence-electron chi connectivity index (χ1n) is 11.1. The van der Waals surface area contributed by atoms with Gasteiger partial charge in [-0.25, -0.2) is 4.68 Å². The fourth-order valence-electron chi connectivity index (χ4n) is 4.06. The van der Waals surface area contributed by atoms with Gasteiger partial charge in [0.05, 0.1) is 11.7 Å². The number of aromatic nitrogens is 4. The van der Waals surface area contributed by atoms with Crippen molar-refractivity contribution in [2.45, 2.75) is 39.7 Å². The zero-order chi connectivity index (χ0) is 22.0. The molecule has 1 aliphatic heterocycles. The normalized spacial score (nSPS) is 15.5. The molecule has 0 spiro atoms. The molecule has 3 aromatic rings. The van der Waals surface area contributed by atoms with E-state index < -0.39 is 0 Å². The predicted molar refractivity (Wildman–Crippen MR) is 126 cm³/mol. The number of H-pyrrole nitrogens is 1. The van der Waals surface area contributed by atoms with Crippen molar-refractivity contribution in [3.63, 3.8) is 0 Å². The molecular weight excluding hydrogens is 390 g/mol. The van der Waals surface area contributed by atoms with E-state index in [-0.39, 0.29) is 11.1 Å². The van der Waals surface area contributed by atoms with Crippen LogP contribution in [0.2, 0.25) is 0 Å². The number of anilines is 2. The molecule has 2 aromatic heterocycles. The summed E-state index contributed by atoms with van der Waals surface area (Å²) in [7, 11) is 0. The van der Waals surface area contributed by atoms with E-state index >= 15 is 0 Å². The van der Waals surface area contributed by atoms with Gasteiger partial charge in [-0.1, -0.05) is 12.1 Å². The largest absolute Gasteiger partial charge is 0.369 e. The third-order valence-electron chi connectivity index (χ3n) is 5.76. The summed E-state index contributed by atoms with van der Waals surface area (Å²) < 4.78 is 1.80. The Morgan fingerprint density at radius 3 is 2.65 bits per heavy atom. The molecule has 3 heterocycles. The van der Waals surface area contributed by atoms with E-state index in [9.17, 15) is 4.79 Å². The van der Waals surface area contributed by atoms with Crippen molar-refractivity contribution in [1.82, 2.24) is 24.6 Å². The molecule has 0 bridgehead atoms. The molecular formula is C23H33N7O. The topological polar surface area (TPSA) is 82.1 Å². The average molecular weight is 424 g/mol. The maximum absolute atomic E-state index is 12.4. The lowest BCUT2D eigenvalue weighted by Crippen LogP contribution is -2.46. The van der Waals surface area contributed by atoms with Crippen molar-refractivity contribution < 1.29 is 0 Å². The predicted octanol–water partition coefficient (Wildman–Crippen LogP) is 2.81. The fraction of sp³-hybridized carbons (Fsp3) is 0.522. The number of hydrogen-bond acceptors (Lipinski definition) is 6. The van der Waals surface area contributed by atoms with E-state index in [1.54, 1.807) is 10.9 Å². The lowest BCUT2D eigenvalue weighted by molar-refractivity contribution is 0.257. The molecule has 31 heavy (non-hydrogen) atoms. The molecule has 0 radical (unpaired) electrons. The summed E-state index contributed by atoms with van der Waals surface area (Å²) in [6, 6.07) is 8.73. The standard InChI is InChI=1S/C23H33N7O/c1-17-7-5-8-18(15-17)29-13-11-28(12-14-29)10-6-9-24-22-26-20-19(21(31)27-22)16-25-30(20)23(2,3)4/h5,7-8,15-16H,6,9-14H2,1-4H3,(H2,24,26,27,31). The van der Waals surface area contributed by atoms with Gasteiger partial charge in [0, 0.05) is 38.4 Å². The summed E-state index contributed by atoms with van der Waals surface area (Å²) in [4.78, 5) is 24.8.